The molecule has 2 aromatic carbocycles. The summed E-state index contributed by atoms with van der Waals surface area (Å²) in [4.78, 5) is 24.6. The summed E-state index contributed by atoms with van der Waals surface area (Å²) in [6, 6.07) is 12.4. The van der Waals surface area contributed by atoms with E-state index in [1.54, 1.807) is 0 Å². The molecule has 0 saturated carbocycles. The molecule has 0 unspecified atom stereocenters. The van der Waals surface area contributed by atoms with Gasteiger partial charge < -0.3 is 15.8 Å². The standard InChI is InChI=1S/C21H26N2O3/c1-4-12-26-21(25)19(14(2)3)23-20(24)18(22)13-16-10-7-9-15-8-5-6-11-17(15)16/h4-11,14,18-19H,1,12-13,22H2,2-3H3,(H,23,24)/t18-,19-/m0/s1. The van der Waals surface area contributed by atoms with E-state index in [0.717, 1.165) is 16.3 Å². The van der Waals surface area contributed by atoms with E-state index in [1.807, 2.05) is 56.3 Å². The van der Waals surface area contributed by atoms with Crippen molar-refractivity contribution in [3.05, 3.63) is 60.7 Å². The first-order chi connectivity index (χ1) is 12.4. The third kappa shape index (κ3) is 4.92. The Kier molecular flexibility index (Phi) is 6.92. The highest BCUT2D eigenvalue weighted by Gasteiger charge is 2.27. The Balaban J connectivity index is 2.08. The zero-order valence-electron chi connectivity index (χ0n) is 15.3. The van der Waals surface area contributed by atoms with E-state index in [4.69, 9.17) is 10.5 Å². The lowest BCUT2D eigenvalue weighted by Gasteiger charge is -2.22. The fourth-order valence-electron chi connectivity index (χ4n) is 2.79. The number of carbonyl (C=O) groups is 2. The highest BCUT2D eigenvalue weighted by molar-refractivity contribution is 5.89. The largest absolute Gasteiger partial charge is 0.460 e. The number of esters is 1. The number of carbonyl (C=O) groups excluding carboxylic acids is 2. The number of hydrogen-bond acceptors (Lipinski definition) is 4. The van der Waals surface area contributed by atoms with Gasteiger partial charge in [-0.3, -0.25) is 4.79 Å². The zero-order chi connectivity index (χ0) is 19.1. The molecule has 0 bridgehead atoms. The normalized spacial score (nSPS) is 13.2. The lowest BCUT2D eigenvalue weighted by atomic mass is 9.98. The van der Waals surface area contributed by atoms with Gasteiger partial charge in [-0.15, -0.1) is 0 Å². The minimum Gasteiger partial charge on any atom is -0.460 e. The first-order valence-electron chi connectivity index (χ1n) is 8.74. The lowest BCUT2D eigenvalue weighted by molar-refractivity contribution is -0.148. The number of hydrogen-bond donors (Lipinski definition) is 2. The van der Waals surface area contributed by atoms with Crippen LogP contribution in [0.3, 0.4) is 0 Å². The Morgan fingerprint density at radius 3 is 2.58 bits per heavy atom. The monoisotopic (exact) mass is 354 g/mol. The second-order valence-electron chi connectivity index (χ2n) is 6.60. The summed E-state index contributed by atoms with van der Waals surface area (Å²) in [7, 11) is 0. The van der Waals surface area contributed by atoms with Gasteiger partial charge in [0.25, 0.3) is 0 Å². The predicted octanol–water partition coefficient (Wildman–Crippen LogP) is 2.58. The van der Waals surface area contributed by atoms with Crippen molar-refractivity contribution in [1.29, 1.82) is 0 Å². The first-order valence-corrected chi connectivity index (χ1v) is 8.74. The highest BCUT2D eigenvalue weighted by Crippen LogP contribution is 2.19. The molecular formula is C21H26N2O3. The summed E-state index contributed by atoms with van der Waals surface area (Å²) < 4.78 is 5.06. The predicted molar refractivity (Wildman–Crippen MR) is 104 cm³/mol. The van der Waals surface area contributed by atoms with Crippen LogP contribution in [0.25, 0.3) is 10.8 Å². The van der Waals surface area contributed by atoms with E-state index in [0.29, 0.717) is 6.42 Å². The van der Waals surface area contributed by atoms with Crippen LogP contribution in [-0.2, 0) is 20.7 Å². The van der Waals surface area contributed by atoms with E-state index in [-0.39, 0.29) is 18.4 Å². The van der Waals surface area contributed by atoms with Crippen LogP contribution < -0.4 is 11.1 Å². The summed E-state index contributed by atoms with van der Waals surface area (Å²) in [5.41, 5.74) is 7.11. The minimum absolute atomic E-state index is 0.110. The fraction of sp³-hybridized carbons (Fsp3) is 0.333. The van der Waals surface area contributed by atoms with E-state index in [9.17, 15) is 9.59 Å². The fourth-order valence-corrected chi connectivity index (χ4v) is 2.79. The van der Waals surface area contributed by atoms with Crippen LogP contribution in [0.15, 0.2) is 55.1 Å². The summed E-state index contributed by atoms with van der Waals surface area (Å²) >= 11 is 0. The number of nitrogens with one attached hydrogen (secondary N) is 1. The summed E-state index contributed by atoms with van der Waals surface area (Å²) in [5.74, 6) is -0.959. The van der Waals surface area contributed by atoms with E-state index in [2.05, 4.69) is 11.9 Å². The van der Waals surface area contributed by atoms with Crippen LogP contribution in [0.2, 0.25) is 0 Å². The van der Waals surface area contributed by atoms with Gasteiger partial charge in [0.15, 0.2) is 0 Å². The maximum absolute atomic E-state index is 12.5. The molecule has 2 rings (SSSR count). The average molecular weight is 354 g/mol. The number of nitrogens with two attached hydrogens (primary N) is 1. The molecule has 2 aromatic rings. The van der Waals surface area contributed by atoms with Crippen LogP contribution >= 0.6 is 0 Å². The van der Waals surface area contributed by atoms with Gasteiger partial charge >= 0.3 is 5.97 Å². The zero-order valence-corrected chi connectivity index (χ0v) is 15.3. The minimum atomic E-state index is -0.755. The SMILES string of the molecule is C=CCOC(=O)[C@@H](NC(=O)[C@@H](N)Cc1cccc2ccccc12)C(C)C. The van der Waals surface area contributed by atoms with E-state index in [1.165, 1.54) is 6.08 Å². The Morgan fingerprint density at radius 2 is 1.88 bits per heavy atom. The van der Waals surface area contributed by atoms with Crippen molar-refractivity contribution in [2.24, 2.45) is 11.7 Å². The van der Waals surface area contributed by atoms with Crippen LogP contribution in [0, 0.1) is 5.92 Å². The van der Waals surface area contributed by atoms with Crippen molar-refractivity contribution >= 4 is 22.6 Å². The molecule has 1 amide bonds. The molecule has 0 aliphatic rings. The molecule has 5 heteroatoms. The van der Waals surface area contributed by atoms with E-state index < -0.39 is 18.1 Å². The summed E-state index contributed by atoms with van der Waals surface area (Å²) in [6.07, 6.45) is 1.88. The van der Waals surface area contributed by atoms with Crippen molar-refractivity contribution in [3.8, 4) is 0 Å². The second-order valence-corrected chi connectivity index (χ2v) is 6.60. The van der Waals surface area contributed by atoms with Crippen molar-refractivity contribution in [2.75, 3.05) is 6.61 Å². The first kappa shape index (κ1) is 19.7. The molecule has 0 saturated heterocycles. The third-order valence-corrected chi connectivity index (χ3v) is 4.22. The molecule has 2 atom stereocenters. The third-order valence-electron chi connectivity index (χ3n) is 4.22. The molecule has 5 nitrogen and oxygen atoms in total. The molecule has 138 valence electrons. The maximum Gasteiger partial charge on any atom is 0.329 e. The smallest absolute Gasteiger partial charge is 0.329 e. The molecule has 0 radical (unpaired) electrons. The number of fused-ring (bicyclic) bond motifs is 1. The molecule has 0 heterocycles. The van der Waals surface area contributed by atoms with Gasteiger partial charge in [0.1, 0.15) is 12.6 Å². The van der Waals surface area contributed by atoms with Crippen molar-refractivity contribution in [3.63, 3.8) is 0 Å². The number of rotatable bonds is 8. The van der Waals surface area contributed by atoms with Gasteiger partial charge in [0, 0.05) is 0 Å². The summed E-state index contributed by atoms with van der Waals surface area (Å²) in [6.45, 7) is 7.31. The molecule has 0 aliphatic carbocycles. The van der Waals surface area contributed by atoms with E-state index >= 15 is 0 Å². The van der Waals surface area contributed by atoms with Crippen molar-refractivity contribution in [1.82, 2.24) is 5.32 Å². The van der Waals surface area contributed by atoms with Crippen LogP contribution in [-0.4, -0.2) is 30.6 Å². The van der Waals surface area contributed by atoms with Gasteiger partial charge in [-0.05, 0) is 28.7 Å². The molecule has 0 aliphatic heterocycles. The van der Waals surface area contributed by atoms with Gasteiger partial charge in [-0.2, -0.15) is 0 Å². The quantitative estimate of drug-likeness (QED) is 0.564. The highest BCUT2D eigenvalue weighted by atomic mass is 16.5. The van der Waals surface area contributed by atoms with Gasteiger partial charge in [0.05, 0.1) is 6.04 Å². The van der Waals surface area contributed by atoms with Crippen LogP contribution in [0.4, 0.5) is 0 Å². The molecule has 0 fully saturated rings. The second kappa shape index (κ2) is 9.15. The molecule has 0 aromatic heterocycles. The lowest BCUT2D eigenvalue weighted by Crippen LogP contribution is -2.51. The Labute approximate surface area is 154 Å². The molecule has 3 N–H and O–H groups in total. The molecular weight excluding hydrogens is 328 g/mol. The molecule has 26 heavy (non-hydrogen) atoms. The van der Waals surface area contributed by atoms with Crippen LogP contribution in [0.1, 0.15) is 19.4 Å². The number of amides is 1. The Morgan fingerprint density at radius 1 is 1.19 bits per heavy atom. The summed E-state index contributed by atoms with van der Waals surface area (Å²) in [5, 5.41) is 4.90. The van der Waals surface area contributed by atoms with Gasteiger partial charge in [-0.25, -0.2) is 4.79 Å². The Hall–Kier alpha value is -2.66. The number of ether oxygens (including phenoxy) is 1. The molecule has 0 spiro atoms. The topological polar surface area (TPSA) is 81.4 Å². The van der Waals surface area contributed by atoms with Gasteiger partial charge in [-0.1, -0.05) is 69.0 Å². The Bertz CT molecular complexity index is 780. The van der Waals surface area contributed by atoms with Crippen LogP contribution in [0.5, 0.6) is 0 Å². The maximum atomic E-state index is 12.5. The van der Waals surface area contributed by atoms with Crippen molar-refractivity contribution < 1.29 is 14.3 Å². The average Bonchev–Trinajstić information content (AvgIpc) is 2.63. The van der Waals surface area contributed by atoms with Gasteiger partial charge in [0.2, 0.25) is 5.91 Å². The van der Waals surface area contributed by atoms with Crippen molar-refractivity contribution in [2.45, 2.75) is 32.4 Å². The number of benzene rings is 2.